The van der Waals surface area contributed by atoms with E-state index in [1.54, 1.807) is 10.8 Å². The Bertz CT molecular complexity index is 298. The van der Waals surface area contributed by atoms with Gasteiger partial charge in [-0.3, -0.25) is 4.79 Å². The number of hydrogen-bond donors (Lipinski definition) is 2. The second-order valence-electron chi connectivity index (χ2n) is 2.56. The molecule has 78 valence electrons. The number of amides is 1. The zero-order valence-electron chi connectivity index (χ0n) is 7.95. The maximum Gasteiger partial charge on any atom is 0.255 e. The van der Waals surface area contributed by atoms with Gasteiger partial charge < -0.3 is 15.2 Å². The molecule has 2 N–H and O–H groups in total. The van der Waals surface area contributed by atoms with Crippen molar-refractivity contribution in [1.82, 2.24) is 5.32 Å². The summed E-state index contributed by atoms with van der Waals surface area (Å²) in [5, 5.41) is 14.6. The molecule has 1 aromatic rings. The molecule has 0 bridgehead atoms. The lowest BCUT2D eigenvalue weighted by Crippen LogP contribution is -2.26. The van der Waals surface area contributed by atoms with E-state index in [0.717, 1.165) is 0 Å². The first-order chi connectivity index (χ1) is 6.79. The lowest BCUT2D eigenvalue weighted by atomic mass is 10.3. The Morgan fingerprint density at radius 1 is 1.64 bits per heavy atom. The minimum Gasteiger partial charge on any atom is -0.492 e. The lowest BCUT2D eigenvalue weighted by molar-refractivity contribution is 0.0941. The van der Waals surface area contributed by atoms with E-state index in [2.05, 4.69) is 5.32 Å². The first-order valence-corrected chi connectivity index (χ1v) is 5.32. The zero-order chi connectivity index (χ0) is 10.4. The number of nitrogens with one attached hydrogen (secondary N) is 1. The summed E-state index contributed by atoms with van der Waals surface area (Å²) in [6.07, 6.45) is 0. The molecule has 0 saturated carbocycles. The number of carbonyl (C=O) groups excluding carboxylic acids is 1. The fraction of sp³-hybridized carbons (Fsp3) is 0.444. The molecule has 0 saturated heterocycles. The summed E-state index contributed by atoms with van der Waals surface area (Å²) in [5.74, 6) is 0.400. The van der Waals surface area contributed by atoms with Crippen molar-refractivity contribution in [3.8, 4) is 5.75 Å². The van der Waals surface area contributed by atoms with E-state index in [1.165, 1.54) is 11.3 Å². The van der Waals surface area contributed by atoms with Gasteiger partial charge in [-0.25, -0.2) is 0 Å². The van der Waals surface area contributed by atoms with Crippen LogP contribution in [-0.2, 0) is 0 Å². The van der Waals surface area contributed by atoms with Crippen LogP contribution >= 0.6 is 11.3 Å². The number of ether oxygens (including phenoxy) is 1. The molecule has 0 fully saturated rings. The van der Waals surface area contributed by atoms with E-state index < -0.39 is 0 Å². The van der Waals surface area contributed by atoms with E-state index in [4.69, 9.17) is 9.84 Å². The molecule has 0 atom stereocenters. The van der Waals surface area contributed by atoms with Crippen LogP contribution in [0.5, 0.6) is 5.75 Å². The van der Waals surface area contributed by atoms with E-state index in [0.29, 0.717) is 17.9 Å². The molecule has 1 heterocycles. The van der Waals surface area contributed by atoms with Gasteiger partial charge in [0.15, 0.2) is 0 Å². The second-order valence-corrected chi connectivity index (χ2v) is 3.31. The van der Waals surface area contributed by atoms with Crippen LogP contribution in [0.3, 0.4) is 0 Å². The summed E-state index contributed by atoms with van der Waals surface area (Å²) < 4.78 is 5.27. The van der Waals surface area contributed by atoms with Gasteiger partial charge in [0.25, 0.3) is 5.91 Å². The van der Waals surface area contributed by atoms with Crippen LogP contribution in [0.15, 0.2) is 10.8 Å². The summed E-state index contributed by atoms with van der Waals surface area (Å²) in [6, 6.07) is 0. The van der Waals surface area contributed by atoms with Crippen molar-refractivity contribution in [3.63, 3.8) is 0 Å². The standard InChI is InChI=1S/C9H13NO3S/c1-2-13-8-6-14-5-7(8)9(12)10-3-4-11/h5-6,11H,2-4H2,1H3,(H,10,12). The van der Waals surface area contributed by atoms with Gasteiger partial charge >= 0.3 is 0 Å². The van der Waals surface area contributed by atoms with E-state index >= 15 is 0 Å². The monoisotopic (exact) mass is 215 g/mol. The van der Waals surface area contributed by atoms with Gasteiger partial charge in [0.1, 0.15) is 5.75 Å². The Kier molecular flexibility index (Phi) is 4.42. The van der Waals surface area contributed by atoms with Crippen molar-refractivity contribution in [2.75, 3.05) is 19.8 Å². The van der Waals surface area contributed by atoms with Crippen molar-refractivity contribution in [3.05, 3.63) is 16.3 Å². The average Bonchev–Trinajstić information content (AvgIpc) is 2.63. The molecule has 1 rings (SSSR count). The number of thiophene rings is 1. The summed E-state index contributed by atoms with van der Waals surface area (Å²) in [7, 11) is 0. The Morgan fingerprint density at radius 3 is 3.07 bits per heavy atom. The van der Waals surface area contributed by atoms with Gasteiger partial charge in [-0.05, 0) is 6.92 Å². The van der Waals surface area contributed by atoms with Gasteiger partial charge in [-0.1, -0.05) is 0 Å². The number of aliphatic hydroxyl groups is 1. The Labute approximate surface area is 86.5 Å². The lowest BCUT2D eigenvalue weighted by Gasteiger charge is -2.04. The summed E-state index contributed by atoms with van der Waals surface area (Å²) >= 11 is 1.42. The van der Waals surface area contributed by atoms with Crippen LogP contribution < -0.4 is 10.1 Å². The molecule has 0 aromatic carbocycles. The first-order valence-electron chi connectivity index (χ1n) is 4.37. The molecule has 0 aliphatic carbocycles. The van der Waals surface area contributed by atoms with E-state index in [9.17, 15) is 4.79 Å². The average molecular weight is 215 g/mol. The largest absolute Gasteiger partial charge is 0.492 e. The third-order valence-electron chi connectivity index (χ3n) is 1.57. The molecule has 4 nitrogen and oxygen atoms in total. The normalized spacial score (nSPS) is 9.86. The number of aliphatic hydroxyl groups excluding tert-OH is 1. The van der Waals surface area contributed by atoms with E-state index in [1.807, 2.05) is 6.92 Å². The fourth-order valence-corrected chi connectivity index (χ4v) is 1.73. The highest BCUT2D eigenvalue weighted by Crippen LogP contribution is 2.23. The van der Waals surface area contributed by atoms with Crippen molar-refractivity contribution in [1.29, 1.82) is 0 Å². The van der Waals surface area contributed by atoms with Crippen molar-refractivity contribution >= 4 is 17.2 Å². The summed E-state index contributed by atoms with van der Waals surface area (Å²) in [6.45, 7) is 2.62. The maximum atomic E-state index is 11.5. The SMILES string of the molecule is CCOc1cscc1C(=O)NCCO. The molecule has 5 heteroatoms. The first kappa shape index (κ1) is 11.0. The van der Waals surface area contributed by atoms with Gasteiger partial charge in [-0.15, -0.1) is 11.3 Å². The minimum absolute atomic E-state index is 0.0557. The molecular weight excluding hydrogens is 202 g/mol. The Hall–Kier alpha value is -1.07. The predicted molar refractivity (Wildman–Crippen MR) is 54.9 cm³/mol. The third-order valence-corrected chi connectivity index (χ3v) is 2.29. The van der Waals surface area contributed by atoms with Crippen LogP contribution in [0, 0.1) is 0 Å². The van der Waals surface area contributed by atoms with Crippen LogP contribution in [0.4, 0.5) is 0 Å². The fourth-order valence-electron chi connectivity index (χ4n) is 0.983. The van der Waals surface area contributed by atoms with Crippen LogP contribution in [0.25, 0.3) is 0 Å². The number of carbonyl (C=O) groups is 1. The molecule has 0 unspecified atom stereocenters. The third kappa shape index (κ3) is 2.71. The van der Waals surface area contributed by atoms with Crippen molar-refractivity contribution in [2.24, 2.45) is 0 Å². The van der Waals surface area contributed by atoms with Crippen LogP contribution in [0.1, 0.15) is 17.3 Å². The van der Waals surface area contributed by atoms with Crippen molar-refractivity contribution < 1.29 is 14.6 Å². The van der Waals surface area contributed by atoms with Crippen molar-refractivity contribution in [2.45, 2.75) is 6.92 Å². The molecule has 0 aliphatic rings. The second kappa shape index (κ2) is 5.62. The topological polar surface area (TPSA) is 58.6 Å². The van der Waals surface area contributed by atoms with Gasteiger partial charge in [0, 0.05) is 17.3 Å². The highest BCUT2D eigenvalue weighted by Gasteiger charge is 2.12. The quantitative estimate of drug-likeness (QED) is 0.766. The highest BCUT2D eigenvalue weighted by atomic mass is 32.1. The van der Waals surface area contributed by atoms with Crippen LogP contribution in [0.2, 0.25) is 0 Å². The zero-order valence-corrected chi connectivity index (χ0v) is 8.76. The molecule has 1 amide bonds. The highest BCUT2D eigenvalue weighted by molar-refractivity contribution is 7.08. The molecular formula is C9H13NO3S. The predicted octanol–water partition coefficient (Wildman–Crippen LogP) is 0.869. The molecule has 0 spiro atoms. The van der Waals surface area contributed by atoms with Gasteiger partial charge in [0.05, 0.1) is 18.8 Å². The molecule has 0 aliphatic heterocycles. The molecule has 14 heavy (non-hydrogen) atoms. The van der Waals surface area contributed by atoms with Crippen LogP contribution in [-0.4, -0.2) is 30.8 Å². The molecule has 1 aromatic heterocycles. The Balaban J connectivity index is 2.63. The smallest absolute Gasteiger partial charge is 0.255 e. The molecule has 0 radical (unpaired) electrons. The number of rotatable bonds is 5. The Morgan fingerprint density at radius 2 is 2.43 bits per heavy atom. The minimum atomic E-state index is -0.205. The maximum absolute atomic E-state index is 11.5. The van der Waals surface area contributed by atoms with E-state index in [-0.39, 0.29) is 19.1 Å². The summed E-state index contributed by atoms with van der Waals surface area (Å²) in [5.41, 5.74) is 0.533. The van der Waals surface area contributed by atoms with Gasteiger partial charge in [0.2, 0.25) is 0 Å². The number of hydrogen-bond acceptors (Lipinski definition) is 4. The van der Waals surface area contributed by atoms with Gasteiger partial charge in [-0.2, -0.15) is 0 Å². The summed E-state index contributed by atoms with van der Waals surface area (Å²) in [4.78, 5) is 11.5.